The molecule has 0 unspecified atom stereocenters. The summed E-state index contributed by atoms with van der Waals surface area (Å²) in [6.45, 7) is 7.50. The van der Waals surface area contributed by atoms with Crippen molar-refractivity contribution < 1.29 is 18.7 Å². The average Bonchev–Trinajstić information content (AvgIpc) is 3.01. The van der Waals surface area contributed by atoms with Gasteiger partial charge in [-0.2, -0.15) is 0 Å². The Bertz CT molecular complexity index is 1000. The summed E-state index contributed by atoms with van der Waals surface area (Å²) in [5.74, 6) is -0.833. The lowest BCUT2D eigenvalue weighted by molar-refractivity contribution is -0.152. The van der Waals surface area contributed by atoms with E-state index in [1.165, 1.54) is 0 Å². The summed E-state index contributed by atoms with van der Waals surface area (Å²) < 4.78 is 10.9. The molecule has 2 aromatic carbocycles. The summed E-state index contributed by atoms with van der Waals surface area (Å²) in [7, 11) is 0. The number of nitrogens with one attached hydrogen (secondary N) is 1. The first-order valence-electron chi connectivity index (χ1n) is 8.88. The summed E-state index contributed by atoms with van der Waals surface area (Å²) in [6, 6.07) is 11.4. The van der Waals surface area contributed by atoms with Crippen molar-refractivity contribution in [1.29, 1.82) is 0 Å². The Kier molecular flexibility index (Phi) is 5.31. The molecular weight excluding hydrogens is 342 g/mol. The van der Waals surface area contributed by atoms with E-state index in [0.29, 0.717) is 5.69 Å². The number of rotatable bonds is 5. The van der Waals surface area contributed by atoms with Gasteiger partial charge in [-0.15, -0.1) is 0 Å². The van der Waals surface area contributed by atoms with Crippen LogP contribution in [-0.2, 0) is 20.7 Å². The van der Waals surface area contributed by atoms with Gasteiger partial charge in [0.05, 0.1) is 12.7 Å². The third-order valence-corrected chi connectivity index (χ3v) is 4.64. The highest BCUT2D eigenvalue weighted by molar-refractivity contribution is 5.95. The number of aryl methyl sites for hydroxylation is 3. The summed E-state index contributed by atoms with van der Waals surface area (Å²) in [6.07, 6.45) is 0.744. The summed E-state index contributed by atoms with van der Waals surface area (Å²) in [5.41, 5.74) is 5.43. The molecule has 0 radical (unpaired) electrons. The SMILES string of the molecule is Cc1cccc(NC(=O)[C@H](C)OC(=O)Cc2coc3c(C)c(C)ccc23)c1. The average molecular weight is 365 g/mol. The van der Waals surface area contributed by atoms with Crippen LogP contribution in [0.4, 0.5) is 5.69 Å². The van der Waals surface area contributed by atoms with E-state index in [4.69, 9.17) is 9.15 Å². The van der Waals surface area contributed by atoms with E-state index in [0.717, 1.165) is 33.2 Å². The molecule has 0 aliphatic heterocycles. The lowest BCUT2D eigenvalue weighted by Crippen LogP contribution is -2.30. The quantitative estimate of drug-likeness (QED) is 0.677. The molecule has 1 aromatic heterocycles. The second-order valence-corrected chi connectivity index (χ2v) is 6.81. The van der Waals surface area contributed by atoms with E-state index in [-0.39, 0.29) is 12.3 Å². The van der Waals surface area contributed by atoms with Gasteiger partial charge in [0.2, 0.25) is 0 Å². The van der Waals surface area contributed by atoms with Crippen molar-refractivity contribution >= 4 is 28.5 Å². The highest BCUT2D eigenvalue weighted by atomic mass is 16.5. The van der Waals surface area contributed by atoms with Crippen LogP contribution in [0.2, 0.25) is 0 Å². The molecule has 0 aliphatic rings. The van der Waals surface area contributed by atoms with Crippen LogP contribution in [0.25, 0.3) is 11.0 Å². The molecule has 0 saturated heterocycles. The molecule has 0 spiro atoms. The molecule has 5 nitrogen and oxygen atoms in total. The first kappa shape index (κ1) is 18.7. The Balaban J connectivity index is 1.63. The van der Waals surface area contributed by atoms with Gasteiger partial charge in [-0.3, -0.25) is 9.59 Å². The predicted octanol–water partition coefficient (Wildman–Crippen LogP) is 4.47. The molecule has 1 amide bonds. The van der Waals surface area contributed by atoms with Gasteiger partial charge in [0.15, 0.2) is 6.10 Å². The van der Waals surface area contributed by atoms with E-state index >= 15 is 0 Å². The largest absolute Gasteiger partial charge is 0.464 e. The smallest absolute Gasteiger partial charge is 0.311 e. The van der Waals surface area contributed by atoms with Gasteiger partial charge in [0.1, 0.15) is 5.58 Å². The summed E-state index contributed by atoms with van der Waals surface area (Å²) in [5, 5.41) is 3.65. The standard InChI is InChI=1S/C22H23NO4/c1-13-6-5-7-18(10-13)23-22(25)16(4)27-20(24)11-17-12-26-21-15(3)14(2)8-9-19(17)21/h5-10,12,16H,11H2,1-4H3,(H,23,25)/t16-/m0/s1. The number of amides is 1. The number of fused-ring (bicyclic) bond motifs is 1. The molecule has 0 fully saturated rings. The molecule has 0 aliphatic carbocycles. The van der Waals surface area contributed by atoms with Crippen molar-refractivity contribution in [2.75, 3.05) is 5.32 Å². The van der Waals surface area contributed by atoms with Crippen LogP contribution in [0.15, 0.2) is 47.1 Å². The molecule has 0 saturated carbocycles. The van der Waals surface area contributed by atoms with Gasteiger partial charge < -0.3 is 14.5 Å². The Morgan fingerprint density at radius 2 is 1.93 bits per heavy atom. The van der Waals surface area contributed by atoms with Gasteiger partial charge >= 0.3 is 5.97 Å². The highest BCUT2D eigenvalue weighted by Gasteiger charge is 2.20. The lowest BCUT2D eigenvalue weighted by atomic mass is 10.0. The number of esters is 1. The van der Waals surface area contributed by atoms with Crippen LogP contribution in [0.1, 0.15) is 29.2 Å². The fourth-order valence-corrected chi connectivity index (χ4v) is 2.94. The third-order valence-electron chi connectivity index (χ3n) is 4.64. The van der Waals surface area contributed by atoms with Gasteiger partial charge in [-0.05, 0) is 56.5 Å². The number of carbonyl (C=O) groups excluding carboxylic acids is 2. The van der Waals surface area contributed by atoms with Crippen molar-refractivity contribution in [1.82, 2.24) is 0 Å². The van der Waals surface area contributed by atoms with Crippen LogP contribution in [-0.4, -0.2) is 18.0 Å². The Morgan fingerprint density at radius 1 is 1.15 bits per heavy atom. The molecule has 27 heavy (non-hydrogen) atoms. The maximum absolute atomic E-state index is 12.3. The van der Waals surface area contributed by atoms with Crippen molar-refractivity contribution in [2.45, 2.75) is 40.2 Å². The number of ether oxygens (including phenoxy) is 1. The minimum Gasteiger partial charge on any atom is -0.464 e. The molecule has 140 valence electrons. The van der Waals surface area contributed by atoms with Gasteiger partial charge in [0, 0.05) is 16.6 Å². The van der Waals surface area contributed by atoms with Gasteiger partial charge in [0.25, 0.3) is 5.91 Å². The number of benzene rings is 2. The molecule has 3 rings (SSSR count). The normalized spacial score (nSPS) is 12.0. The zero-order valence-electron chi connectivity index (χ0n) is 16.0. The van der Waals surface area contributed by atoms with Gasteiger partial charge in [-0.25, -0.2) is 0 Å². The van der Waals surface area contributed by atoms with E-state index in [1.807, 2.05) is 51.1 Å². The van der Waals surface area contributed by atoms with E-state index in [2.05, 4.69) is 5.32 Å². The first-order chi connectivity index (χ1) is 12.8. The topological polar surface area (TPSA) is 68.5 Å². The van der Waals surface area contributed by atoms with Crippen LogP contribution in [0.3, 0.4) is 0 Å². The first-order valence-corrected chi connectivity index (χ1v) is 8.88. The molecule has 0 bridgehead atoms. The molecular formula is C22H23NO4. The minimum absolute atomic E-state index is 0.0531. The maximum atomic E-state index is 12.3. The molecule has 1 heterocycles. The minimum atomic E-state index is -0.889. The predicted molar refractivity (Wildman–Crippen MR) is 105 cm³/mol. The molecule has 5 heteroatoms. The van der Waals surface area contributed by atoms with Crippen molar-refractivity contribution in [3.05, 3.63) is 64.9 Å². The number of hydrogen-bond donors (Lipinski definition) is 1. The summed E-state index contributed by atoms with van der Waals surface area (Å²) >= 11 is 0. The van der Waals surface area contributed by atoms with Crippen molar-refractivity contribution in [3.63, 3.8) is 0 Å². The number of furan rings is 1. The maximum Gasteiger partial charge on any atom is 0.311 e. The van der Waals surface area contributed by atoms with E-state index < -0.39 is 12.1 Å². The third kappa shape index (κ3) is 4.19. The van der Waals surface area contributed by atoms with Gasteiger partial charge in [-0.1, -0.05) is 24.3 Å². The fourth-order valence-electron chi connectivity index (χ4n) is 2.94. The zero-order chi connectivity index (χ0) is 19.6. The zero-order valence-corrected chi connectivity index (χ0v) is 16.0. The fraction of sp³-hybridized carbons (Fsp3) is 0.273. The lowest BCUT2D eigenvalue weighted by Gasteiger charge is -2.13. The number of hydrogen-bond acceptors (Lipinski definition) is 4. The summed E-state index contributed by atoms with van der Waals surface area (Å²) in [4.78, 5) is 24.5. The van der Waals surface area contributed by atoms with E-state index in [9.17, 15) is 9.59 Å². The highest BCUT2D eigenvalue weighted by Crippen LogP contribution is 2.27. The van der Waals surface area contributed by atoms with Crippen LogP contribution < -0.4 is 5.32 Å². The van der Waals surface area contributed by atoms with Crippen LogP contribution >= 0.6 is 0 Å². The number of carbonyl (C=O) groups is 2. The van der Waals surface area contributed by atoms with Crippen LogP contribution in [0.5, 0.6) is 0 Å². The molecule has 1 atom stereocenters. The second-order valence-electron chi connectivity index (χ2n) is 6.81. The molecule has 1 N–H and O–H groups in total. The number of anilines is 1. The second kappa shape index (κ2) is 7.66. The van der Waals surface area contributed by atoms with Crippen molar-refractivity contribution in [2.24, 2.45) is 0 Å². The van der Waals surface area contributed by atoms with Crippen molar-refractivity contribution in [3.8, 4) is 0 Å². The Hall–Kier alpha value is -3.08. The molecule has 3 aromatic rings. The van der Waals surface area contributed by atoms with E-state index in [1.54, 1.807) is 19.3 Å². The Labute approximate surface area is 158 Å². The Morgan fingerprint density at radius 3 is 2.67 bits per heavy atom. The monoisotopic (exact) mass is 365 g/mol. The van der Waals surface area contributed by atoms with Crippen LogP contribution in [0, 0.1) is 20.8 Å².